The number of aromatic nitrogens is 1. The van der Waals surface area contributed by atoms with Gasteiger partial charge in [0.2, 0.25) is 0 Å². The maximum absolute atomic E-state index is 13.1. The number of benzene rings is 3. The van der Waals surface area contributed by atoms with Gasteiger partial charge >= 0.3 is 0 Å². The molecular formula is C27H25N3O2. The molecule has 1 aromatic heterocycles. The van der Waals surface area contributed by atoms with Crippen molar-refractivity contribution in [1.82, 2.24) is 15.2 Å². The van der Waals surface area contributed by atoms with E-state index >= 15 is 0 Å². The van der Waals surface area contributed by atoms with Crippen LogP contribution >= 0.6 is 0 Å². The van der Waals surface area contributed by atoms with E-state index in [1.807, 2.05) is 73.7 Å². The van der Waals surface area contributed by atoms with Crippen molar-refractivity contribution >= 4 is 22.7 Å². The Morgan fingerprint density at radius 3 is 2.28 bits per heavy atom. The summed E-state index contributed by atoms with van der Waals surface area (Å²) < 4.78 is 0. The molecule has 2 amide bonds. The quantitative estimate of drug-likeness (QED) is 0.500. The van der Waals surface area contributed by atoms with E-state index < -0.39 is 0 Å². The van der Waals surface area contributed by atoms with E-state index in [0.717, 1.165) is 27.7 Å². The van der Waals surface area contributed by atoms with E-state index in [2.05, 4.69) is 5.32 Å². The smallest absolute Gasteiger partial charge is 0.253 e. The first kappa shape index (κ1) is 21.2. The van der Waals surface area contributed by atoms with Gasteiger partial charge in [0.15, 0.2) is 0 Å². The largest absolute Gasteiger partial charge is 0.348 e. The summed E-state index contributed by atoms with van der Waals surface area (Å²) in [5, 5.41) is 3.82. The number of pyridine rings is 1. The standard InChI is InChI=1S/C27H25N3O2/c1-18-8-12-20(13-9-18)25-16-23(22-6-4-5-7-24(22)29-25)26(31)28-17-19-10-14-21(15-11-19)27(32)30(2)3/h4-16H,17H2,1-3H3,(H,28,31). The first-order valence-electron chi connectivity index (χ1n) is 10.5. The molecule has 1 heterocycles. The summed E-state index contributed by atoms with van der Waals surface area (Å²) in [5.74, 6) is -0.210. The summed E-state index contributed by atoms with van der Waals surface area (Å²) in [7, 11) is 3.45. The summed E-state index contributed by atoms with van der Waals surface area (Å²) >= 11 is 0. The molecule has 0 atom stereocenters. The summed E-state index contributed by atoms with van der Waals surface area (Å²) in [4.78, 5) is 31.5. The third kappa shape index (κ3) is 4.52. The highest BCUT2D eigenvalue weighted by Gasteiger charge is 2.14. The van der Waals surface area contributed by atoms with Gasteiger partial charge in [0.05, 0.1) is 16.8 Å². The lowest BCUT2D eigenvalue weighted by Gasteiger charge is -2.12. The lowest BCUT2D eigenvalue weighted by molar-refractivity contribution is 0.0827. The van der Waals surface area contributed by atoms with Crippen LogP contribution in [-0.2, 0) is 6.54 Å². The fourth-order valence-corrected chi connectivity index (χ4v) is 3.54. The first-order chi connectivity index (χ1) is 15.4. The molecule has 4 rings (SSSR count). The predicted octanol–water partition coefficient (Wildman–Crippen LogP) is 4.84. The fourth-order valence-electron chi connectivity index (χ4n) is 3.54. The second-order valence-electron chi connectivity index (χ2n) is 8.02. The van der Waals surface area contributed by atoms with Crippen molar-refractivity contribution in [1.29, 1.82) is 0 Å². The van der Waals surface area contributed by atoms with Gasteiger partial charge in [-0.05, 0) is 36.8 Å². The number of rotatable bonds is 5. The van der Waals surface area contributed by atoms with Crippen LogP contribution in [0.4, 0.5) is 0 Å². The van der Waals surface area contributed by atoms with E-state index in [-0.39, 0.29) is 11.8 Å². The Labute approximate surface area is 187 Å². The molecule has 0 unspecified atom stereocenters. The molecule has 4 aromatic rings. The van der Waals surface area contributed by atoms with E-state index in [0.29, 0.717) is 17.7 Å². The topological polar surface area (TPSA) is 62.3 Å². The SMILES string of the molecule is Cc1ccc(-c2cc(C(=O)NCc3ccc(C(=O)N(C)C)cc3)c3ccccc3n2)cc1. The molecule has 0 fully saturated rings. The van der Waals surface area contributed by atoms with Gasteiger partial charge in [0, 0.05) is 37.2 Å². The van der Waals surface area contributed by atoms with Gasteiger partial charge < -0.3 is 10.2 Å². The highest BCUT2D eigenvalue weighted by Crippen LogP contribution is 2.25. The average molecular weight is 424 g/mol. The molecule has 0 aliphatic heterocycles. The molecule has 0 radical (unpaired) electrons. The summed E-state index contributed by atoms with van der Waals surface area (Å²) in [6, 6.07) is 24.9. The highest BCUT2D eigenvalue weighted by atomic mass is 16.2. The Morgan fingerprint density at radius 2 is 1.59 bits per heavy atom. The van der Waals surface area contributed by atoms with Crippen LogP contribution in [0, 0.1) is 6.92 Å². The van der Waals surface area contributed by atoms with Crippen molar-refractivity contribution in [3.05, 3.63) is 101 Å². The monoisotopic (exact) mass is 423 g/mol. The maximum atomic E-state index is 13.1. The average Bonchev–Trinajstić information content (AvgIpc) is 2.82. The highest BCUT2D eigenvalue weighted by molar-refractivity contribution is 6.07. The zero-order valence-electron chi connectivity index (χ0n) is 18.4. The number of aryl methyl sites for hydroxylation is 1. The Hall–Kier alpha value is -3.99. The van der Waals surface area contributed by atoms with E-state index in [1.165, 1.54) is 10.5 Å². The Balaban J connectivity index is 1.59. The Morgan fingerprint density at radius 1 is 0.906 bits per heavy atom. The van der Waals surface area contributed by atoms with Crippen LogP contribution in [0.1, 0.15) is 31.8 Å². The van der Waals surface area contributed by atoms with Crippen molar-refractivity contribution in [3.8, 4) is 11.3 Å². The lowest BCUT2D eigenvalue weighted by Crippen LogP contribution is -2.24. The van der Waals surface area contributed by atoms with Crippen molar-refractivity contribution in [3.63, 3.8) is 0 Å². The van der Waals surface area contributed by atoms with Gasteiger partial charge in [0.25, 0.3) is 11.8 Å². The second kappa shape index (κ2) is 9.02. The second-order valence-corrected chi connectivity index (χ2v) is 8.02. The number of nitrogens with zero attached hydrogens (tertiary/aromatic N) is 2. The normalized spacial score (nSPS) is 10.7. The molecule has 0 aliphatic rings. The number of amides is 2. The molecule has 1 N–H and O–H groups in total. The summed E-state index contributed by atoms with van der Waals surface area (Å²) in [5.41, 5.74) is 5.81. The van der Waals surface area contributed by atoms with Gasteiger partial charge in [0.1, 0.15) is 0 Å². The molecule has 160 valence electrons. The van der Waals surface area contributed by atoms with Crippen molar-refractivity contribution < 1.29 is 9.59 Å². The minimum Gasteiger partial charge on any atom is -0.348 e. The number of carbonyl (C=O) groups is 2. The van der Waals surface area contributed by atoms with Crippen molar-refractivity contribution in [2.24, 2.45) is 0 Å². The molecular weight excluding hydrogens is 398 g/mol. The van der Waals surface area contributed by atoms with Crippen LogP contribution in [0.15, 0.2) is 78.9 Å². The van der Waals surface area contributed by atoms with Crippen LogP contribution < -0.4 is 5.32 Å². The molecule has 5 heteroatoms. The number of fused-ring (bicyclic) bond motifs is 1. The third-order valence-corrected chi connectivity index (χ3v) is 5.37. The van der Waals surface area contributed by atoms with E-state index in [4.69, 9.17) is 4.98 Å². The van der Waals surface area contributed by atoms with Crippen LogP contribution in [0.3, 0.4) is 0 Å². The molecule has 32 heavy (non-hydrogen) atoms. The number of hydrogen-bond acceptors (Lipinski definition) is 3. The Kier molecular flexibility index (Phi) is 5.99. The number of para-hydroxylation sites is 1. The molecule has 0 aliphatic carbocycles. The predicted molar refractivity (Wildman–Crippen MR) is 128 cm³/mol. The molecule has 5 nitrogen and oxygen atoms in total. The van der Waals surface area contributed by atoms with Gasteiger partial charge in [-0.1, -0.05) is 60.2 Å². The van der Waals surface area contributed by atoms with Crippen molar-refractivity contribution in [2.45, 2.75) is 13.5 Å². The van der Waals surface area contributed by atoms with Gasteiger partial charge in [-0.15, -0.1) is 0 Å². The summed E-state index contributed by atoms with van der Waals surface area (Å²) in [6.07, 6.45) is 0. The van der Waals surface area contributed by atoms with E-state index in [9.17, 15) is 9.59 Å². The van der Waals surface area contributed by atoms with Crippen LogP contribution in [-0.4, -0.2) is 35.8 Å². The zero-order valence-corrected chi connectivity index (χ0v) is 18.4. The number of nitrogens with one attached hydrogen (secondary N) is 1. The van der Waals surface area contributed by atoms with Crippen LogP contribution in [0.5, 0.6) is 0 Å². The maximum Gasteiger partial charge on any atom is 0.253 e. The van der Waals surface area contributed by atoms with E-state index in [1.54, 1.807) is 26.2 Å². The number of hydrogen-bond donors (Lipinski definition) is 1. The molecule has 0 bridgehead atoms. The molecule has 0 spiro atoms. The summed E-state index contributed by atoms with van der Waals surface area (Å²) in [6.45, 7) is 2.41. The Bertz CT molecular complexity index is 1280. The zero-order chi connectivity index (χ0) is 22.7. The number of carbonyl (C=O) groups excluding carboxylic acids is 2. The van der Waals surface area contributed by atoms with Gasteiger partial charge in [-0.25, -0.2) is 4.98 Å². The molecule has 0 saturated carbocycles. The lowest BCUT2D eigenvalue weighted by atomic mass is 10.0. The fraction of sp³-hybridized carbons (Fsp3) is 0.148. The van der Waals surface area contributed by atoms with Crippen LogP contribution in [0.25, 0.3) is 22.2 Å². The molecule has 3 aromatic carbocycles. The van der Waals surface area contributed by atoms with Crippen molar-refractivity contribution in [2.75, 3.05) is 14.1 Å². The molecule has 0 saturated heterocycles. The van der Waals surface area contributed by atoms with Crippen LogP contribution in [0.2, 0.25) is 0 Å². The van der Waals surface area contributed by atoms with Gasteiger partial charge in [-0.2, -0.15) is 0 Å². The minimum atomic E-state index is -0.162. The first-order valence-corrected chi connectivity index (χ1v) is 10.5. The third-order valence-electron chi connectivity index (χ3n) is 5.37. The minimum absolute atomic E-state index is 0.0486. The van der Waals surface area contributed by atoms with Gasteiger partial charge in [-0.3, -0.25) is 9.59 Å².